The van der Waals surface area contributed by atoms with E-state index in [1.807, 2.05) is 0 Å². The SMILES string of the molecule is Nc1cc(C(F)F)nc(CO)c1N. The van der Waals surface area contributed by atoms with Gasteiger partial charge in [-0.3, -0.25) is 0 Å². The standard InChI is InChI=1S/C7H9F2N3O/c8-7(9)4-1-3(10)6(11)5(2-13)12-4/h1,7,13H,2,11H2,(H2,10,12). The number of hydrogen-bond donors (Lipinski definition) is 3. The van der Waals surface area contributed by atoms with Crippen LogP contribution in [0.2, 0.25) is 0 Å². The van der Waals surface area contributed by atoms with Crippen LogP contribution in [0, 0.1) is 0 Å². The van der Waals surface area contributed by atoms with Crippen molar-refractivity contribution in [1.82, 2.24) is 4.98 Å². The van der Waals surface area contributed by atoms with Gasteiger partial charge in [-0.2, -0.15) is 0 Å². The van der Waals surface area contributed by atoms with Gasteiger partial charge in [0, 0.05) is 0 Å². The topological polar surface area (TPSA) is 85.2 Å². The lowest BCUT2D eigenvalue weighted by Gasteiger charge is -2.07. The minimum atomic E-state index is -2.71. The van der Waals surface area contributed by atoms with E-state index in [-0.39, 0.29) is 17.1 Å². The zero-order valence-electron chi connectivity index (χ0n) is 6.67. The molecule has 72 valence electrons. The molecule has 0 aliphatic carbocycles. The molecule has 0 fully saturated rings. The Morgan fingerprint density at radius 3 is 2.54 bits per heavy atom. The Bertz CT molecular complexity index is 317. The lowest BCUT2D eigenvalue weighted by atomic mass is 10.2. The van der Waals surface area contributed by atoms with Gasteiger partial charge in [0.05, 0.1) is 23.7 Å². The molecule has 0 aromatic carbocycles. The van der Waals surface area contributed by atoms with Gasteiger partial charge in [-0.1, -0.05) is 0 Å². The molecule has 0 amide bonds. The number of aliphatic hydroxyl groups is 1. The van der Waals surface area contributed by atoms with Crippen LogP contribution >= 0.6 is 0 Å². The molecule has 13 heavy (non-hydrogen) atoms. The van der Waals surface area contributed by atoms with Crippen LogP contribution in [-0.2, 0) is 6.61 Å². The fraction of sp³-hybridized carbons (Fsp3) is 0.286. The number of aromatic nitrogens is 1. The monoisotopic (exact) mass is 189 g/mol. The van der Waals surface area contributed by atoms with E-state index in [1.54, 1.807) is 0 Å². The number of aliphatic hydroxyl groups excluding tert-OH is 1. The molecule has 0 aliphatic rings. The lowest BCUT2D eigenvalue weighted by molar-refractivity contribution is 0.145. The lowest BCUT2D eigenvalue weighted by Crippen LogP contribution is -2.05. The van der Waals surface area contributed by atoms with E-state index in [0.29, 0.717) is 0 Å². The number of halogens is 2. The third-order valence-corrected chi connectivity index (χ3v) is 1.56. The summed E-state index contributed by atoms with van der Waals surface area (Å²) < 4.78 is 24.3. The van der Waals surface area contributed by atoms with Crippen molar-refractivity contribution in [2.75, 3.05) is 11.5 Å². The molecule has 0 spiro atoms. The number of pyridine rings is 1. The first kappa shape index (κ1) is 9.66. The summed E-state index contributed by atoms with van der Waals surface area (Å²) in [5.41, 5.74) is 10.3. The summed E-state index contributed by atoms with van der Waals surface area (Å²) in [7, 11) is 0. The van der Waals surface area contributed by atoms with Crippen LogP contribution in [0.15, 0.2) is 6.07 Å². The molecule has 1 aromatic rings. The van der Waals surface area contributed by atoms with Crippen molar-refractivity contribution in [2.24, 2.45) is 0 Å². The maximum atomic E-state index is 12.2. The first-order chi connectivity index (χ1) is 6.06. The first-order valence-electron chi connectivity index (χ1n) is 3.50. The molecule has 1 heterocycles. The van der Waals surface area contributed by atoms with Gasteiger partial charge < -0.3 is 16.6 Å². The fourth-order valence-corrected chi connectivity index (χ4v) is 0.884. The summed E-state index contributed by atoms with van der Waals surface area (Å²) in [6.45, 7) is -0.503. The van der Waals surface area contributed by atoms with Crippen molar-refractivity contribution in [3.8, 4) is 0 Å². The van der Waals surface area contributed by atoms with E-state index in [9.17, 15) is 8.78 Å². The summed E-state index contributed by atoms with van der Waals surface area (Å²) in [5.74, 6) is 0. The Morgan fingerprint density at radius 2 is 2.08 bits per heavy atom. The summed E-state index contributed by atoms with van der Waals surface area (Å²) in [5, 5.41) is 8.71. The van der Waals surface area contributed by atoms with E-state index >= 15 is 0 Å². The minimum Gasteiger partial charge on any atom is -0.397 e. The zero-order valence-corrected chi connectivity index (χ0v) is 6.67. The molecule has 0 radical (unpaired) electrons. The van der Waals surface area contributed by atoms with Crippen molar-refractivity contribution >= 4 is 11.4 Å². The summed E-state index contributed by atoms with van der Waals surface area (Å²) in [6.07, 6.45) is -2.71. The van der Waals surface area contributed by atoms with E-state index < -0.39 is 18.7 Å². The third-order valence-electron chi connectivity index (χ3n) is 1.56. The Hall–Kier alpha value is -1.43. The van der Waals surface area contributed by atoms with Gasteiger partial charge >= 0.3 is 0 Å². The largest absolute Gasteiger partial charge is 0.397 e. The second kappa shape index (κ2) is 3.53. The van der Waals surface area contributed by atoms with Crippen LogP contribution in [-0.4, -0.2) is 10.1 Å². The van der Waals surface area contributed by atoms with Crippen molar-refractivity contribution in [2.45, 2.75) is 13.0 Å². The highest BCUT2D eigenvalue weighted by atomic mass is 19.3. The Labute approximate surface area is 73.2 Å². The minimum absolute atomic E-state index is 0.00866. The molecule has 4 nitrogen and oxygen atoms in total. The van der Waals surface area contributed by atoms with Gasteiger partial charge in [0.15, 0.2) is 0 Å². The maximum absolute atomic E-state index is 12.2. The smallest absolute Gasteiger partial charge is 0.280 e. The highest BCUT2D eigenvalue weighted by Crippen LogP contribution is 2.25. The van der Waals surface area contributed by atoms with E-state index in [0.717, 1.165) is 6.07 Å². The number of anilines is 2. The average Bonchev–Trinajstić information content (AvgIpc) is 2.09. The highest BCUT2D eigenvalue weighted by molar-refractivity contribution is 5.65. The fourth-order valence-electron chi connectivity index (χ4n) is 0.884. The molecule has 6 heteroatoms. The van der Waals surface area contributed by atoms with Crippen molar-refractivity contribution in [1.29, 1.82) is 0 Å². The predicted molar refractivity (Wildman–Crippen MR) is 43.9 cm³/mol. The molecule has 0 saturated carbocycles. The normalized spacial score (nSPS) is 10.8. The van der Waals surface area contributed by atoms with Crippen LogP contribution in [0.4, 0.5) is 20.2 Å². The quantitative estimate of drug-likeness (QED) is 0.638. The number of hydrogen-bond acceptors (Lipinski definition) is 4. The van der Waals surface area contributed by atoms with Crippen LogP contribution < -0.4 is 11.5 Å². The van der Waals surface area contributed by atoms with Crippen molar-refractivity contribution in [3.05, 3.63) is 17.5 Å². The molecular weight excluding hydrogens is 180 g/mol. The molecule has 0 bridgehead atoms. The molecule has 5 N–H and O–H groups in total. The molecule has 1 rings (SSSR count). The molecular formula is C7H9F2N3O. The summed E-state index contributed by atoms with van der Waals surface area (Å²) in [4.78, 5) is 3.45. The number of alkyl halides is 2. The molecule has 0 atom stereocenters. The van der Waals surface area contributed by atoms with Crippen molar-refractivity contribution < 1.29 is 13.9 Å². The summed E-state index contributed by atoms with van der Waals surface area (Å²) >= 11 is 0. The van der Waals surface area contributed by atoms with E-state index in [4.69, 9.17) is 16.6 Å². The second-order valence-electron chi connectivity index (χ2n) is 2.46. The predicted octanol–water partition coefficient (Wildman–Crippen LogP) is 0.676. The maximum Gasteiger partial charge on any atom is 0.280 e. The first-order valence-corrected chi connectivity index (χ1v) is 3.50. The molecule has 0 saturated heterocycles. The Kier molecular flexibility index (Phi) is 2.62. The number of rotatable bonds is 2. The number of nitrogens with two attached hydrogens (primary N) is 2. The number of nitrogens with zero attached hydrogens (tertiary/aromatic N) is 1. The van der Waals surface area contributed by atoms with Gasteiger partial charge in [0.2, 0.25) is 0 Å². The van der Waals surface area contributed by atoms with E-state index in [2.05, 4.69) is 4.98 Å². The molecule has 0 unspecified atom stereocenters. The van der Waals surface area contributed by atoms with E-state index in [1.165, 1.54) is 0 Å². The second-order valence-corrected chi connectivity index (χ2v) is 2.46. The van der Waals surface area contributed by atoms with Crippen LogP contribution in [0.25, 0.3) is 0 Å². The average molecular weight is 189 g/mol. The molecule has 1 aromatic heterocycles. The van der Waals surface area contributed by atoms with Crippen LogP contribution in [0.1, 0.15) is 17.8 Å². The highest BCUT2D eigenvalue weighted by Gasteiger charge is 2.13. The summed E-state index contributed by atoms with van der Waals surface area (Å²) in [6, 6.07) is 0.999. The van der Waals surface area contributed by atoms with Crippen LogP contribution in [0.3, 0.4) is 0 Å². The Morgan fingerprint density at radius 1 is 1.46 bits per heavy atom. The van der Waals surface area contributed by atoms with Gasteiger partial charge in [-0.25, -0.2) is 13.8 Å². The third kappa shape index (κ3) is 1.83. The van der Waals surface area contributed by atoms with Crippen LogP contribution in [0.5, 0.6) is 0 Å². The molecule has 0 aliphatic heterocycles. The van der Waals surface area contributed by atoms with Gasteiger partial charge in [-0.15, -0.1) is 0 Å². The number of nitrogen functional groups attached to an aromatic ring is 2. The zero-order chi connectivity index (χ0) is 10.0. The van der Waals surface area contributed by atoms with Crippen molar-refractivity contribution in [3.63, 3.8) is 0 Å². The van der Waals surface area contributed by atoms with Gasteiger partial charge in [-0.05, 0) is 6.07 Å². The van der Waals surface area contributed by atoms with Gasteiger partial charge in [0.1, 0.15) is 5.69 Å². The van der Waals surface area contributed by atoms with Gasteiger partial charge in [0.25, 0.3) is 6.43 Å². The Balaban J connectivity index is 3.22.